The lowest BCUT2D eigenvalue weighted by atomic mass is 10.0. The summed E-state index contributed by atoms with van der Waals surface area (Å²) in [5.41, 5.74) is 0. The van der Waals surface area contributed by atoms with E-state index in [1.807, 2.05) is 0 Å². The van der Waals surface area contributed by atoms with Gasteiger partial charge in [0.25, 0.3) is 0 Å². The SMILES string of the molecule is CC/C=C\C/C=C\C/C=C\C/C=C\C/C=C\CCCC(=O)OC(CO)COC(=O)CCCCCCCCCCCCCCCCCCCCCCCCCCCCCCC/C=C\CCCCCCCCCC. The number of allylic oxidation sites excluding steroid dienone is 12. The Labute approximate surface area is 448 Å². The summed E-state index contributed by atoms with van der Waals surface area (Å²) in [6.07, 6.45) is 86.6. The number of aliphatic hydroxyl groups is 1. The summed E-state index contributed by atoms with van der Waals surface area (Å²) < 4.78 is 10.7. The largest absolute Gasteiger partial charge is 0.462 e. The van der Waals surface area contributed by atoms with E-state index < -0.39 is 6.10 Å². The zero-order chi connectivity index (χ0) is 52.0. The minimum Gasteiger partial charge on any atom is -0.462 e. The molecule has 0 aliphatic carbocycles. The van der Waals surface area contributed by atoms with E-state index in [1.165, 1.54) is 231 Å². The zero-order valence-corrected chi connectivity index (χ0v) is 47.9. The molecule has 0 aromatic heterocycles. The summed E-state index contributed by atoms with van der Waals surface area (Å²) in [5.74, 6) is -0.650. The van der Waals surface area contributed by atoms with Gasteiger partial charge in [-0.3, -0.25) is 9.59 Å². The van der Waals surface area contributed by atoms with E-state index in [0.29, 0.717) is 12.8 Å². The normalized spacial score (nSPS) is 12.7. The lowest BCUT2D eigenvalue weighted by Gasteiger charge is -2.15. The smallest absolute Gasteiger partial charge is 0.306 e. The van der Waals surface area contributed by atoms with E-state index in [-0.39, 0.29) is 31.6 Å². The van der Waals surface area contributed by atoms with Crippen molar-refractivity contribution in [2.75, 3.05) is 13.2 Å². The third-order valence-corrected chi connectivity index (χ3v) is 14.0. The molecule has 0 saturated carbocycles. The lowest BCUT2D eigenvalue weighted by Crippen LogP contribution is -2.28. The Balaban J connectivity index is 3.40. The van der Waals surface area contributed by atoms with Crippen LogP contribution in [-0.4, -0.2) is 36.4 Å². The highest BCUT2D eigenvalue weighted by Gasteiger charge is 2.16. The van der Waals surface area contributed by atoms with Crippen LogP contribution in [0.25, 0.3) is 0 Å². The maximum atomic E-state index is 12.2. The topological polar surface area (TPSA) is 72.8 Å². The number of esters is 2. The minimum absolute atomic E-state index is 0.0885. The Morgan fingerprint density at radius 3 is 0.958 bits per heavy atom. The molecule has 5 nitrogen and oxygen atoms in total. The third kappa shape index (κ3) is 59.9. The highest BCUT2D eigenvalue weighted by molar-refractivity contribution is 5.70. The molecule has 0 aliphatic heterocycles. The Kier molecular flexibility index (Phi) is 60.3. The van der Waals surface area contributed by atoms with Crippen molar-refractivity contribution in [2.45, 2.75) is 328 Å². The third-order valence-electron chi connectivity index (χ3n) is 14.0. The second-order valence-corrected chi connectivity index (χ2v) is 21.1. The Bertz CT molecular complexity index is 1270. The van der Waals surface area contributed by atoms with E-state index >= 15 is 0 Å². The lowest BCUT2D eigenvalue weighted by molar-refractivity contribution is -0.161. The van der Waals surface area contributed by atoms with Gasteiger partial charge < -0.3 is 14.6 Å². The van der Waals surface area contributed by atoms with Crippen molar-refractivity contribution < 1.29 is 24.2 Å². The van der Waals surface area contributed by atoms with Gasteiger partial charge in [-0.05, 0) is 77.0 Å². The molecule has 0 spiro atoms. The van der Waals surface area contributed by atoms with Gasteiger partial charge in [0.1, 0.15) is 6.61 Å². The summed E-state index contributed by atoms with van der Waals surface area (Å²) in [5, 5.41) is 9.63. The van der Waals surface area contributed by atoms with E-state index in [0.717, 1.165) is 57.8 Å². The summed E-state index contributed by atoms with van der Waals surface area (Å²) >= 11 is 0. The first-order valence-corrected chi connectivity index (χ1v) is 31.5. The van der Waals surface area contributed by atoms with Crippen molar-refractivity contribution in [3.05, 3.63) is 72.9 Å². The number of hydrogen-bond donors (Lipinski definition) is 1. The van der Waals surface area contributed by atoms with Crippen LogP contribution in [0.2, 0.25) is 0 Å². The van der Waals surface area contributed by atoms with Gasteiger partial charge in [-0.25, -0.2) is 0 Å². The average molecular weight is 1010 g/mol. The maximum Gasteiger partial charge on any atom is 0.306 e. The van der Waals surface area contributed by atoms with Crippen molar-refractivity contribution in [2.24, 2.45) is 0 Å². The van der Waals surface area contributed by atoms with Gasteiger partial charge in [0.15, 0.2) is 6.10 Å². The summed E-state index contributed by atoms with van der Waals surface area (Å²) in [4.78, 5) is 24.5. The number of unbranched alkanes of at least 4 members (excludes halogenated alkanes) is 38. The molecular formula is C67H120O5. The predicted octanol–water partition coefficient (Wildman–Crippen LogP) is 21.5. The quantitative estimate of drug-likeness (QED) is 0.0373. The molecule has 0 aromatic rings. The van der Waals surface area contributed by atoms with Crippen LogP contribution in [-0.2, 0) is 19.1 Å². The van der Waals surface area contributed by atoms with Gasteiger partial charge in [0.2, 0.25) is 0 Å². The molecule has 1 atom stereocenters. The van der Waals surface area contributed by atoms with Crippen LogP contribution >= 0.6 is 0 Å². The summed E-state index contributed by atoms with van der Waals surface area (Å²) in [6, 6.07) is 0. The molecule has 0 radical (unpaired) electrons. The van der Waals surface area contributed by atoms with Crippen LogP contribution in [0.15, 0.2) is 72.9 Å². The van der Waals surface area contributed by atoms with Crippen LogP contribution in [0, 0.1) is 0 Å². The van der Waals surface area contributed by atoms with E-state index in [1.54, 1.807) is 0 Å². The number of rotatable bonds is 58. The fourth-order valence-corrected chi connectivity index (χ4v) is 9.30. The fourth-order valence-electron chi connectivity index (χ4n) is 9.30. The first-order valence-electron chi connectivity index (χ1n) is 31.5. The molecule has 1 unspecified atom stereocenters. The highest BCUT2D eigenvalue weighted by Crippen LogP contribution is 2.18. The number of aliphatic hydroxyl groups excluding tert-OH is 1. The van der Waals surface area contributed by atoms with E-state index in [2.05, 4.69) is 86.8 Å². The standard InChI is InChI=1S/C67H120O5/c1-3-5-7-9-11-13-15-17-19-21-22-23-24-25-26-27-28-29-30-31-32-33-34-35-36-37-38-39-40-41-42-43-44-46-47-49-51-53-55-57-59-61-66(69)71-64-65(63-68)72-67(70)62-60-58-56-54-52-50-48-45-20-18-16-14-12-10-8-6-4-2/h6,8,12,14,18,20-22,48,50,54,56,65,68H,3-5,7,9-11,13,15-17,19,23-47,49,51-53,55,57-64H2,1-2H3/b8-6-,14-12-,20-18-,22-21-,50-48-,56-54-. The van der Waals surface area contributed by atoms with Crippen LogP contribution in [0.4, 0.5) is 0 Å². The van der Waals surface area contributed by atoms with Gasteiger partial charge >= 0.3 is 11.9 Å². The molecular weight excluding hydrogens is 885 g/mol. The molecule has 0 aliphatic rings. The van der Waals surface area contributed by atoms with E-state index in [9.17, 15) is 14.7 Å². The molecule has 5 heteroatoms. The molecule has 0 saturated heterocycles. The minimum atomic E-state index is -0.804. The van der Waals surface area contributed by atoms with Gasteiger partial charge in [0, 0.05) is 12.8 Å². The van der Waals surface area contributed by atoms with Crippen LogP contribution in [0.1, 0.15) is 322 Å². The number of ether oxygens (including phenoxy) is 2. The number of hydrogen-bond acceptors (Lipinski definition) is 5. The van der Waals surface area contributed by atoms with E-state index in [4.69, 9.17) is 9.47 Å². The van der Waals surface area contributed by atoms with Crippen molar-refractivity contribution in [1.82, 2.24) is 0 Å². The first-order chi connectivity index (χ1) is 35.6. The highest BCUT2D eigenvalue weighted by atomic mass is 16.6. The Morgan fingerprint density at radius 2 is 0.611 bits per heavy atom. The molecule has 0 amide bonds. The molecule has 0 fully saturated rings. The predicted molar refractivity (Wildman–Crippen MR) is 316 cm³/mol. The summed E-state index contributed by atoms with van der Waals surface area (Å²) in [6.45, 7) is 4.00. The van der Waals surface area contributed by atoms with Crippen molar-refractivity contribution in [3.63, 3.8) is 0 Å². The van der Waals surface area contributed by atoms with Gasteiger partial charge in [0.05, 0.1) is 6.61 Å². The zero-order valence-electron chi connectivity index (χ0n) is 47.9. The average Bonchev–Trinajstić information content (AvgIpc) is 3.38. The van der Waals surface area contributed by atoms with Gasteiger partial charge in [-0.15, -0.1) is 0 Å². The van der Waals surface area contributed by atoms with Crippen LogP contribution in [0.3, 0.4) is 0 Å². The molecule has 0 bridgehead atoms. The molecule has 72 heavy (non-hydrogen) atoms. The Morgan fingerprint density at radius 1 is 0.333 bits per heavy atom. The number of carbonyl (C=O) groups is 2. The summed E-state index contributed by atoms with van der Waals surface area (Å²) in [7, 11) is 0. The Hall–Kier alpha value is -2.66. The van der Waals surface area contributed by atoms with Gasteiger partial charge in [-0.1, -0.05) is 305 Å². The first kappa shape index (κ1) is 69.3. The molecule has 0 rings (SSSR count). The van der Waals surface area contributed by atoms with Crippen LogP contribution in [0.5, 0.6) is 0 Å². The number of carbonyl (C=O) groups excluding carboxylic acids is 2. The fraction of sp³-hybridized carbons (Fsp3) is 0.791. The van der Waals surface area contributed by atoms with Crippen LogP contribution < -0.4 is 0 Å². The second kappa shape index (κ2) is 62.6. The maximum absolute atomic E-state index is 12.2. The van der Waals surface area contributed by atoms with Crippen molar-refractivity contribution in [1.29, 1.82) is 0 Å². The molecule has 0 heterocycles. The van der Waals surface area contributed by atoms with Crippen molar-refractivity contribution in [3.8, 4) is 0 Å². The molecule has 1 N–H and O–H groups in total. The van der Waals surface area contributed by atoms with Crippen molar-refractivity contribution >= 4 is 11.9 Å². The molecule has 0 aromatic carbocycles. The molecule has 418 valence electrons. The second-order valence-electron chi connectivity index (χ2n) is 21.1. The monoisotopic (exact) mass is 1000 g/mol. The van der Waals surface area contributed by atoms with Gasteiger partial charge in [-0.2, -0.15) is 0 Å².